The number of hydrogen-bond donors (Lipinski definition) is 1. The first-order chi connectivity index (χ1) is 12.2. The molecule has 0 saturated carbocycles. The normalized spacial score (nSPS) is 11.7. The average Bonchev–Trinajstić information content (AvgIpc) is 2.59. The molecule has 4 heteroatoms. The van der Waals surface area contributed by atoms with Gasteiger partial charge in [-0.25, -0.2) is 4.98 Å². The lowest BCUT2D eigenvalue weighted by molar-refractivity contribution is 0.717. The molecule has 4 nitrogen and oxygen atoms in total. The topological polar surface area (TPSA) is 46.9 Å². The highest BCUT2D eigenvalue weighted by Crippen LogP contribution is 2.22. The van der Waals surface area contributed by atoms with E-state index in [2.05, 4.69) is 55.9 Å². The molecule has 0 radical (unpaired) electrons. The van der Waals surface area contributed by atoms with Crippen LogP contribution in [0.2, 0.25) is 0 Å². The van der Waals surface area contributed by atoms with Crippen LogP contribution in [0.3, 0.4) is 0 Å². The summed E-state index contributed by atoms with van der Waals surface area (Å²) in [6.07, 6.45) is 0. The predicted molar refractivity (Wildman–Crippen MR) is 109 cm³/mol. The van der Waals surface area contributed by atoms with Crippen LogP contribution >= 0.6 is 0 Å². The van der Waals surface area contributed by atoms with E-state index in [1.165, 1.54) is 22.3 Å². The summed E-state index contributed by atoms with van der Waals surface area (Å²) in [4.78, 5) is 17.6. The average molecular weight is 351 g/mol. The Hall–Kier alpha value is -2.54. The van der Waals surface area contributed by atoms with Crippen molar-refractivity contribution in [3.63, 3.8) is 0 Å². The van der Waals surface area contributed by atoms with Gasteiger partial charge in [0.1, 0.15) is 0 Å². The third-order valence-electron chi connectivity index (χ3n) is 5.26. The third kappa shape index (κ3) is 3.83. The van der Waals surface area contributed by atoms with Crippen molar-refractivity contribution in [1.82, 2.24) is 9.55 Å². The number of aromatic nitrogens is 2. The molecule has 1 atom stereocenters. The molecule has 0 spiro atoms. The van der Waals surface area contributed by atoms with Crippen molar-refractivity contribution in [2.24, 2.45) is 0 Å². The molecule has 138 valence electrons. The predicted octanol–water partition coefficient (Wildman–Crippen LogP) is 3.97. The summed E-state index contributed by atoms with van der Waals surface area (Å²) in [5.41, 5.74) is 7.63. The second-order valence-electron chi connectivity index (χ2n) is 7.03. The van der Waals surface area contributed by atoms with Crippen molar-refractivity contribution in [3.8, 4) is 11.8 Å². The van der Waals surface area contributed by atoms with Crippen molar-refractivity contribution in [1.29, 1.82) is 0 Å². The molecule has 1 unspecified atom stereocenters. The van der Waals surface area contributed by atoms with E-state index < -0.39 is 0 Å². The maximum absolute atomic E-state index is 12.9. The van der Waals surface area contributed by atoms with Crippen LogP contribution in [-0.2, 0) is 6.54 Å². The zero-order valence-corrected chi connectivity index (χ0v) is 17.2. The Balaban J connectivity index is 2.60. The molecule has 1 heterocycles. The second-order valence-corrected chi connectivity index (χ2v) is 7.03. The van der Waals surface area contributed by atoms with Gasteiger partial charge in [0, 0.05) is 11.3 Å². The van der Waals surface area contributed by atoms with E-state index in [-0.39, 0.29) is 11.6 Å². The zero-order chi connectivity index (χ0) is 19.6. The van der Waals surface area contributed by atoms with Gasteiger partial charge in [-0.3, -0.25) is 9.36 Å². The highest BCUT2D eigenvalue weighted by atomic mass is 16.1. The first-order valence-electron chi connectivity index (χ1n) is 9.00. The van der Waals surface area contributed by atoms with E-state index in [4.69, 9.17) is 0 Å². The molecule has 2 aromatic rings. The lowest BCUT2D eigenvalue weighted by Crippen LogP contribution is -2.30. The molecular formula is C22H29N3O. The monoisotopic (exact) mass is 351 g/mol. The maximum Gasteiger partial charge on any atom is 0.258 e. The number of benzene rings is 1. The molecule has 0 aliphatic carbocycles. The van der Waals surface area contributed by atoms with Crippen LogP contribution in [0, 0.1) is 53.4 Å². The molecule has 1 aromatic carbocycles. The molecule has 2 rings (SSSR count). The van der Waals surface area contributed by atoms with Crippen LogP contribution in [0.5, 0.6) is 0 Å². The van der Waals surface area contributed by atoms with Gasteiger partial charge >= 0.3 is 0 Å². The smallest absolute Gasteiger partial charge is 0.258 e. The Morgan fingerprint density at radius 2 is 1.73 bits per heavy atom. The quantitative estimate of drug-likeness (QED) is 0.848. The molecule has 0 bridgehead atoms. The van der Waals surface area contributed by atoms with Gasteiger partial charge < -0.3 is 5.32 Å². The second kappa shape index (κ2) is 7.78. The molecule has 0 saturated heterocycles. The summed E-state index contributed by atoms with van der Waals surface area (Å²) in [7, 11) is 0. The fraction of sp³-hybridized carbons (Fsp3) is 0.455. The first-order valence-corrected chi connectivity index (χ1v) is 9.00. The Morgan fingerprint density at radius 3 is 2.35 bits per heavy atom. The lowest BCUT2D eigenvalue weighted by Gasteiger charge is -2.20. The van der Waals surface area contributed by atoms with E-state index in [9.17, 15) is 4.79 Å². The highest BCUT2D eigenvalue weighted by Gasteiger charge is 2.15. The van der Waals surface area contributed by atoms with Crippen LogP contribution in [0.15, 0.2) is 10.9 Å². The van der Waals surface area contributed by atoms with Crippen molar-refractivity contribution >= 4 is 5.95 Å². The number of nitrogens with one attached hydrogen (secondary N) is 1. The number of nitrogens with zero attached hydrogens (tertiary/aromatic N) is 2. The van der Waals surface area contributed by atoms with E-state index >= 15 is 0 Å². The van der Waals surface area contributed by atoms with Crippen LogP contribution in [0.25, 0.3) is 0 Å². The minimum Gasteiger partial charge on any atom is -0.342 e. The summed E-state index contributed by atoms with van der Waals surface area (Å²) in [6, 6.07) is 2.10. The van der Waals surface area contributed by atoms with Gasteiger partial charge in [0.2, 0.25) is 5.95 Å². The first kappa shape index (κ1) is 19.8. The van der Waals surface area contributed by atoms with Gasteiger partial charge in [-0.1, -0.05) is 12.0 Å². The minimum atomic E-state index is -0.0807. The molecule has 0 fully saturated rings. The van der Waals surface area contributed by atoms with Gasteiger partial charge in [-0.05, 0) is 83.2 Å². The van der Waals surface area contributed by atoms with Crippen molar-refractivity contribution in [3.05, 3.63) is 55.5 Å². The summed E-state index contributed by atoms with van der Waals surface area (Å²) < 4.78 is 1.73. The van der Waals surface area contributed by atoms with Crippen LogP contribution in [0.1, 0.15) is 52.9 Å². The van der Waals surface area contributed by atoms with E-state index in [1.54, 1.807) is 11.5 Å². The van der Waals surface area contributed by atoms with E-state index in [1.807, 2.05) is 20.8 Å². The molecule has 0 aliphatic rings. The van der Waals surface area contributed by atoms with Gasteiger partial charge in [0.15, 0.2) is 0 Å². The fourth-order valence-electron chi connectivity index (χ4n) is 3.09. The molecule has 26 heavy (non-hydrogen) atoms. The standard InChI is InChI=1S/C22H29N3O/c1-9-10-14(3)23-22-24-19(8)18(7)21(26)25(22)12-20-11-13(2)15(4)16(5)17(20)6/h11,14H,12H2,1-8H3,(H,23,24). The lowest BCUT2D eigenvalue weighted by atomic mass is 9.94. The Labute approximate surface area is 156 Å². The van der Waals surface area contributed by atoms with Gasteiger partial charge in [-0.2, -0.15) is 0 Å². The molecule has 1 N–H and O–H groups in total. The van der Waals surface area contributed by atoms with Crippen molar-refractivity contribution in [2.45, 2.75) is 68.0 Å². The number of aryl methyl sites for hydroxylation is 2. The Bertz CT molecular complexity index is 958. The summed E-state index contributed by atoms with van der Waals surface area (Å²) >= 11 is 0. The summed E-state index contributed by atoms with van der Waals surface area (Å²) in [6.45, 7) is 16.5. The molecule has 0 amide bonds. The third-order valence-corrected chi connectivity index (χ3v) is 5.26. The SMILES string of the molecule is CC#CC(C)Nc1nc(C)c(C)c(=O)n1Cc1cc(C)c(C)c(C)c1C. The van der Waals surface area contributed by atoms with Crippen molar-refractivity contribution < 1.29 is 0 Å². The molecule has 0 aliphatic heterocycles. The number of rotatable bonds is 4. The largest absolute Gasteiger partial charge is 0.342 e. The summed E-state index contributed by atoms with van der Waals surface area (Å²) in [5, 5.41) is 3.28. The van der Waals surface area contributed by atoms with E-state index in [0.717, 1.165) is 11.3 Å². The summed E-state index contributed by atoms with van der Waals surface area (Å²) in [5.74, 6) is 6.53. The number of hydrogen-bond acceptors (Lipinski definition) is 3. The van der Waals surface area contributed by atoms with Crippen molar-refractivity contribution in [2.75, 3.05) is 5.32 Å². The van der Waals surface area contributed by atoms with Crippen LogP contribution in [-0.4, -0.2) is 15.6 Å². The molecule has 1 aromatic heterocycles. The Kier molecular flexibility index (Phi) is 5.92. The zero-order valence-electron chi connectivity index (χ0n) is 17.2. The Morgan fingerprint density at radius 1 is 1.08 bits per heavy atom. The highest BCUT2D eigenvalue weighted by molar-refractivity contribution is 5.45. The van der Waals surface area contributed by atoms with E-state index in [0.29, 0.717) is 18.1 Å². The molecular weight excluding hydrogens is 322 g/mol. The number of anilines is 1. The van der Waals surface area contributed by atoms with Gasteiger partial charge in [0.25, 0.3) is 5.56 Å². The van der Waals surface area contributed by atoms with Gasteiger partial charge in [0.05, 0.1) is 12.6 Å². The van der Waals surface area contributed by atoms with Gasteiger partial charge in [-0.15, -0.1) is 5.92 Å². The maximum atomic E-state index is 12.9. The van der Waals surface area contributed by atoms with Crippen LogP contribution in [0.4, 0.5) is 5.95 Å². The van der Waals surface area contributed by atoms with Crippen LogP contribution < -0.4 is 10.9 Å². The fourth-order valence-corrected chi connectivity index (χ4v) is 3.09. The minimum absolute atomic E-state index is 0.00746.